The smallest absolute Gasteiger partial charge is 0.138 e. The van der Waals surface area contributed by atoms with E-state index in [1.54, 1.807) is 18.3 Å². The third kappa shape index (κ3) is 2.84. The Bertz CT molecular complexity index is 718. The van der Waals surface area contributed by atoms with E-state index in [9.17, 15) is 4.39 Å². The van der Waals surface area contributed by atoms with Crippen molar-refractivity contribution in [3.05, 3.63) is 60.3 Å². The van der Waals surface area contributed by atoms with Crippen LogP contribution in [-0.4, -0.2) is 15.0 Å². The Hall–Kier alpha value is -2.49. The molecule has 0 aliphatic rings. The number of rotatable bonds is 4. The fraction of sp³-hybridized carbons (Fsp3) is 0.176. The van der Waals surface area contributed by atoms with Gasteiger partial charge in [-0.1, -0.05) is 13.3 Å². The molecule has 0 fully saturated rings. The molecule has 0 saturated heterocycles. The maximum atomic E-state index is 13.0. The molecule has 0 saturated carbocycles. The van der Waals surface area contributed by atoms with Gasteiger partial charge < -0.3 is 4.98 Å². The number of aromatic nitrogens is 3. The Morgan fingerprint density at radius 2 is 1.90 bits per heavy atom. The molecule has 3 aromatic rings. The number of hydrogen-bond donors (Lipinski definition) is 1. The summed E-state index contributed by atoms with van der Waals surface area (Å²) in [5.74, 6) is 0.517. The molecule has 0 radical (unpaired) electrons. The summed E-state index contributed by atoms with van der Waals surface area (Å²) in [5.41, 5.74) is 3.90. The van der Waals surface area contributed by atoms with Crippen LogP contribution in [0.3, 0.4) is 0 Å². The first kappa shape index (κ1) is 13.5. The minimum atomic E-state index is -0.244. The van der Waals surface area contributed by atoms with Crippen molar-refractivity contribution in [2.75, 3.05) is 0 Å². The Morgan fingerprint density at radius 3 is 2.57 bits per heavy atom. The van der Waals surface area contributed by atoms with E-state index in [0.29, 0.717) is 0 Å². The maximum absolute atomic E-state index is 13.0. The van der Waals surface area contributed by atoms with Crippen molar-refractivity contribution in [3.8, 4) is 22.6 Å². The molecule has 4 heteroatoms. The molecule has 3 nitrogen and oxygen atoms in total. The van der Waals surface area contributed by atoms with Gasteiger partial charge in [0.25, 0.3) is 0 Å². The maximum Gasteiger partial charge on any atom is 0.138 e. The van der Waals surface area contributed by atoms with Gasteiger partial charge in [0.1, 0.15) is 11.6 Å². The molecule has 0 unspecified atom stereocenters. The number of aromatic amines is 1. The van der Waals surface area contributed by atoms with Crippen LogP contribution < -0.4 is 0 Å². The molecule has 0 spiro atoms. The average Bonchev–Trinajstić information content (AvgIpc) is 2.93. The van der Waals surface area contributed by atoms with E-state index >= 15 is 0 Å². The van der Waals surface area contributed by atoms with Crippen LogP contribution >= 0.6 is 0 Å². The number of imidazole rings is 1. The van der Waals surface area contributed by atoms with E-state index in [0.717, 1.165) is 41.2 Å². The van der Waals surface area contributed by atoms with Gasteiger partial charge in [0.05, 0.1) is 11.4 Å². The van der Waals surface area contributed by atoms with E-state index in [2.05, 4.69) is 21.9 Å². The summed E-state index contributed by atoms with van der Waals surface area (Å²) < 4.78 is 13.0. The molecule has 3 rings (SSSR count). The molecule has 0 bridgehead atoms. The number of nitrogens with zero attached hydrogens (tertiary/aromatic N) is 2. The van der Waals surface area contributed by atoms with Gasteiger partial charge in [-0.3, -0.25) is 4.98 Å². The summed E-state index contributed by atoms with van der Waals surface area (Å²) in [6.07, 6.45) is 5.48. The summed E-state index contributed by atoms with van der Waals surface area (Å²) in [7, 11) is 0. The van der Waals surface area contributed by atoms with Gasteiger partial charge in [-0.25, -0.2) is 9.37 Å². The zero-order valence-corrected chi connectivity index (χ0v) is 11.8. The van der Waals surface area contributed by atoms with Gasteiger partial charge >= 0.3 is 0 Å². The minimum absolute atomic E-state index is 0.244. The molecule has 2 heterocycles. The van der Waals surface area contributed by atoms with Crippen molar-refractivity contribution in [3.63, 3.8) is 0 Å². The fourth-order valence-corrected chi connectivity index (χ4v) is 2.32. The molecule has 21 heavy (non-hydrogen) atoms. The molecule has 0 amide bonds. The highest BCUT2D eigenvalue weighted by atomic mass is 19.1. The van der Waals surface area contributed by atoms with Gasteiger partial charge in [-0.15, -0.1) is 0 Å². The van der Waals surface area contributed by atoms with Crippen LogP contribution in [0.1, 0.15) is 19.0 Å². The Labute approximate surface area is 122 Å². The van der Waals surface area contributed by atoms with Crippen LogP contribution in [-0.2, 0) is 6.42 Å². The van der Waals surface area contributed by atoms with Crippen molar-refractivity contribution in [1.82, 2.24) is 15.0 Å². The number of H-pyrrole nitrogens is 1. The quantitative estimate of drug-likeness (QED) is 0.777. The molecular formula is C17H16FN3. The molecule has 0 aliphatic carbocycles. The van der Waals surface area contributed by atoms with E-state index < -0.39 is 0 Å². The topological polar surface area (TPSA) is 41.6 Å². The molecule has 1 N–H and O–H groups in total. The normalized spacial score (nSPS) is 10.8. The second-order valence-corrected chi connectivity index (χ2v) is 4.91. The summed E-state index contributed by atoms with van der Waals surface area (Å²) in [6, 6.07) is 10.3. The van der Waals surface area contributed by atoms with Gasteiger partial charge in [-0.2, -0.15) is 0 Å². The second kappa shape index (κ2) is 5.87. The Morgan fingerprint density at radius 1 is 1.10 bits per heavy atom. The summed E-state index contributed by atoms with van der Waals surface area (Å²) >= 11 is 0. The fourth-order valence-electron chi connectivity index (χ4n) is 2.32. The predicted octanol–water partition coefficient (Wildman–Crippen LogP) is 4.23. The number of nitrogens with one attached hydrogen (secondary N) is 1. The SMILES string of the molecule is CCCc1nc(-c2ccc(F)cc2)[nH]c1-c1cccnc1. The van der Waals surface area contributed by atoms with Crippen LogP contribution in [0.25, 0.3) is 22.6 Å². The number of pyridine rings is 1. The molecule has 0 aliphatic heterocycles. The highest BCUT2D eigenvalue weighted by Crippen LogP contribution is 2.26. The van der Waals surface area contributed by atoms with E-state index in [4.69, 9.17) is 0 Å². The lowest BCUT2D eigenvalue weighted by molar-refractivity contribution is 0.628. The van der Waals surface area contributed by atoms with Crippen molar-refractivity contribution in [2.45, 2.75) is 19.8 Å². The van der Waals surface area contributed by atoms with Gasteiger partial charge in [-0.05, 0) is 42.8 Å². The van der Waals surface area contributed by atoms with E-state index in [-0.39, 0.29) is 5.82 Å². The molecule has 1 aromatic carbocycles. The lowest BCUT2D eigenvalue weighted by atomic mass is 10.1. The minimum Gasteiger partial charge on any atom is -0.338 e. The Kier molecular flexibility index (Phi) is 3.77. The van der Waals surface area contributed by atoms with Crippen LogP contribution in [0.4, 0.5) is 4.39 Å². The summed E-state index contributed by atoms with van der Waals surface area (Å²) in [4.78, 5) is 12.2. The zero-order chi connectivity index (χ0) is 14.7. The van der Waals surface area contributed by atoms with Crippen LogP contribution in [0, 0.1) is 5.82 Å². The van der Waals surface area contributed by atoms with E-state index in [1.807, 2.05) is 18.3 Å². The lowest BCUT2D eigenvalue weighted by Crippen LogP contribution is -1.88. The van der Waals surface area contributed by atoms with Crippen molar-refractivity contribution < 1.29 is 4.39 Å². The van der Waals surface area contributed by atoms with E-state index in [1.165, 1.54) is 12.1 Å². The monoisotopic (exact) mass is 281 g/mol. The second-order valence-electron chi connectivity index (χ2n) is 4.91. The third-order valence-corrected chi connectivity index (χ3v) is 3.33. The predicted molar refractivity (Wildman–Crippen MR) is 81.2 cm³/mol. The van der Waals surface area contributed by atoms with Crippen LogP contribution in [0.15, 0.2) is 48.8 Å². The highest BCUT2D eigenvalue weighted by molar-refractivity contribution is 5.66. The van der Waals surface area contributed by atoms with Gasteiger partial charge in [0.2, 0.25) is 0 Å². The van der Waals surface area contributed by atoms with Gasteiger partial charge in [0.15, 0.2) is 0 Å². The van der Waals surface area contributed by atoms with Crippen molar-refractivity contribution in [2.24, 2.45) is 0 Å². The molecular weight excluding hydrogens is 265 g/mol. The number of aryl methyl sites for hydroxylation is 1. The molecule has 106 valence electrons. The van der Waals surface area contributed by atoms with Crippen molar-refractivity contribution in [1.29, 1.82) is 0 Å². The molecule has 0 atom stereocenters. The summed E-state index contributed by atoms with van der Waals surface area (Å²) in [5, 5.41) is 0. The largest absolute Gasteiger partial charge is 0.338 e. The third-order valence-electron chi connectivity index (χ3n) is 3.33. The first-order chi connectivity index (χ1) is 10.3. The number of benzene rings is 1. The summed E-state index contributed by atoms with van der Waals surface area (Å²) in [6.45, 7) is 2.12. The van der Waals surface area contributed by atoms with Crippen LogP contribution in [0.2, 0.25) is 0 Å². The molecule has 2 aromatic heterocycles. The van der Waals surface area contributed by atoms with Crippen LogP contribution in [0.5, 0.6) is 0 Å². The number of hydrogen-bond acceptors (Lipinski definition) is 2. The Balaban J connectivity index is 2.06. The average molecular weight is 281 g/mol. The lowest BCUT2D eigenvalue weighted by Gasteiger charge is -2.00. The standard InChI is InChI=1S/C17H16FN3/c1-2-4-15-16(13-5-3-10-19-11-13)21-17(20-15)12-6-8-14(18)9-7-12/h3,5-11H,2,4H2,1H3,(H,20,21). The highest BCUT2D eigenvalue weighted by Gasteiger charge is 2.12. The zero-order valence-electron chi connectivity index (χ0n) is 11.8. The first-order valence-corrected chi connectivity index (χ1v) is 7.03. The first-order valence-electron chi connectivity index (χ1n) is 7.03. The number of halogens is 1. The van der Waals surface area contributed by atoms with Gasteiger partial charge in [0, 0.05) is 23.5 Å². The van der Waals surface area contributed by atoms with Crippen molar-refractivity contribution >= 4 is 0 Å².